The van der Waals surface area contributed by atoms with Crippen molar-refractivity contribution in [2.45, 2.75) is 26.2 Å². The quantitative estimate of drug-likeness (QED) is 0.882. The van der Waals surface area contributed by atoms with E-state index >= 15 is 0 Å². The van der Waals surface area contributed by atoms with Gasteiger partial charge in [-0.05, 0) is 67.8 Å². The smallest absolute Gasteiger partial charge is 0.251 e. The minimum absolute atomic E-state index is 0.00842. The fraction of sp³-hybridized carbons (Fsp3) is 0.438. The van der Waals surface area contributed by atoms with Gasteiger partial charge < -0.3 is 10.3 Å². The molecule has 0 atom stereocenters. The van der Waals surface area contributed by atoms with Crippen LogP contribution in [0, 0.1) is 12.3 Å². The average Bonchev–Trinajstić information content (AvgIpc) is 3.11. The van der Waals surface area contributed by atoms with Crippen molar-refractivity contribution in [2.24, 2.45) is 5.41 Å². The molecule has 1 aromatic heterocycles. The molecule has 19 heavy (non-hydrogen) atoms. The summed E-state index contributed by atoms with van der Waals surface area (Å²) < 4.78 is 0. The zero-order valence-corrected chi connectivity index (χ0v) is 11.5. The summed E-state index contributed by atoms with van der Waals surface area (Å²) in [6.45, 7) is 2.95. The van der Waals surface area contributed by atoms with Gasteiger partial charge in [0.2, 0.25) is 0 Å². The molecule has 1 fully saturated rings. The fourth-order valence-corrected chi connectivity index (χ4v) is 2.88. The first kappa shape index (κ1) is 12.4. The van der Waals surface area contributed by atoms with Crippen LogP contribution in [-0.2, 0) is 6.42 Å². The number of H-pyrrole nitrogens is 1. The number of aromatic nitrogens is 1. The molecule has 100 valence electrons. The molecule has 0 radical (unpaired) electrons. The maximum atomic E-state index is 11.6. The molecule has 3 rings (SSSR count). The monoisotopic (exact) mass is 256 g/mol. The van der Waals surface area contributed by atoms with Crippen molar-refractivity contribution in [3.63, 3.8) is 0 Å². The lowest BCUT2D eigenvalue weighted by Gasteiger charge is -2.14. The normalized spacial score (nSPS) is 16.7. The number of nitrogens with one attached hydrogen (secondary N) is 2. The van der Waals surface area contributed by atoms with E-state index < -0.39 is 0 Å². The van der Waals surface area contributed by atoms with E-state index in [2.05, 4.69) is 22.4 Å². The highest BCUT2D eigenvalue weighted by molar-refractivity contribution is 5.79. The van der Waals surface area contributed by atoms with E-state index in [-0.39, 0.29) is 5.56 Å². The summed E-state index contributed by atoms with van der Waals surface area (Å²) >= 11 is 0. The Hall–Kier alpha value is -1.61. The Kier molecular flexibility index (Phi) is 2.94. The number of hydrogen-bond acceptors (Lipinski definition) is 2. The highest BCUT2D eigenvalue weighted by atomic mass is 16.1. The molecule has 0 bridgehead atoms. The molecule has 0 aliphatic heterocycles. The Morgan fingerprint density at radius 2 is 2.11 bits per heavy atom. The van der Waals surface area contributed by atoms with Gasteiger partial charge in [0.05, 0.1) is 0 Å². The second kappa shape index (κ2) is 4.49. The van der Waals surface area contributed by atoms with E-state index in [4.69, 9.17) is 0 Å². The minimum atomic E-state index is 0.00842. The third-order valence-corrected chi connectivity index (χ3v) is 4.18. The van der Waals surface area contributed by atoms with Gasteiger partial charge in [-0.15, -0.1) is 0 Å². The third kappa shape index (κ3) is 2.43. The molecule has 2 N–H and O–H groups in total. The van der Waals surface area contributed by atoms with Crippen LogP contribution in [0.25, 0.3) is 10.9 Å². The van der Waals surface area contributed by atoms with Gasteiger partial charge in [0.1, 0.15) is 0 Å². The molecule has 0 spiro atoms. The Balaban J connectivity index is 1.93. The largest absolute Gasteiger partial charge is 0.322 e. The van der Waals surface area contributed by atoms with Crippen molar-refractivity contribution < 1.29 is 0 Å². The van der Waals surface area contributed by atoms with Gasteiger partial charge in [-0.3, -0.25) is 4.79 Å². The maximum absolute atomic E-state index is 11.6. The van der Waals surface area contributed by atoms with Crippen LogP contribution >= 0.6 is 0 Å². The van der Waals surface area contributed by atoms with Crippen molar-refractivity contribution in [3.05, 3.63) is 45.7 Å². The van der Waals surface area contributed by atoms with Gasteiger partial charge in [-0.1, -0.05) is 6.07 Å². The predicted molar refractivity (Wildman–Crippen MR) is 78.6 cm³/mol. The molecular formula is C16H20N2O. The molecule has 0 saturated heterocycles. The molecular weight excluding hydrogens is 236 g/mol. The van der Waals surface area contributed by atoms with E-state index in [0.29, 0.717) is 5.41 Å². The van der Waals surface area contributed by atoms with Crippen LogP contribution in [0.5, 0.6) is 0 Å². The molecule has 1 aliphatic carbocycles. The summed E-state index contributed by atoms with van der Waals surface area (Å²) in [6, 6.07) is 8.37. The SMILES string of the molecule is CNCC1(Cc2ccc3[nH]c(=O)c(C)cc3c2)CC1. The lowest BCUT2D eigenvalue weighted by atomic mass is 9.95. The number of benzene rings is 1. The van der Waals surface area contributed by atoms with Crippen LogP contribution in [0.4, 0.5) is 0 Å². The Morgan fingerprint density at radius 3 is 2.79 bits per heavy atom. The lowest BCUT2D eigenvalue weighted by Crippen LogP contribution is -2.21. The topological polar surface area (TPSA) is 44.9 Å². The first-order chi connectivity index (χ1) is 9.12. The summed E-state index contributed by atoms with van der Waals surface area (Å²) in [5, 5.41) is 4.43. The van der Waals surface area contributed by atoms with Gasteiger partial charge in [0, 0.05) is 17.6 Å². The summed E-state index contributed by atoms with van der Waals surface area (Å²) in [4.78, 5) is 14.5. The Morgan fingerprint density at radius 1 is 1.32 bits per heavy atom. The van der Waals surface area contributed by atoms with Crippen molar-refractivity contribution >= 4 is 10.9 Å². The van der Waals surface area contributed by atoms with E-state index in [1.165, 1.54) is 18.4 Å². The standard InChI is InChI=1S/C16H20N2O/c1-11-7-13-8-12(3-4-14(13)18-15(11)19)9-16(5-6-16)10-17-2/h3-4,7-8,17H,5-6,9-10H2,1-2H3,(H,18,19). The second-order valence-electron chi connectivity index (χ2n) is 5.91. The van der Waals surface area contributed by atoms with Gasteiger partial charge in [0.15, 0.2) is 0 Å². The third-order valence-electron chi connectivity index (χ3n) is 4.18. The maximum Gasteiger partial charge on any atom is 0.251 e. The summed E-state index contributed by atoms with van der Waals surface area (Å²) in [6.07, 6.45) is 3.76. The first-order valence-corrected chi connectivity index (χ1v) is 6.89. The lowest BCUT2D eigenvalue weighted by molar-refractivity contribution is 0.478. The number of rotatable bonds is 4. The zero-order valence-electron chi connectivity index (χ0n) is 11.5. The van der Waals surface area contributed by atoms with Crippen LogP contribution in [0.15, 0.2) is 29.1 Å². The van der Waals surface area contributed by atoms with Gasteiger partial charge >= 0.3 is 0 Å². The Labute approximate surface area is 113 Å². The Bertz CT molecular complexity index is 668. The summed E-state index contributed by atoms with van der Waals surface area (Å²) in [7, 11) is 2.02. The number of aryl methyl sites for hydroxylation is 1. The van der Waals surface area contributed by atoms with Crippen molar-refractivity contribution in [3.8, 4) is 0 Å². The molecule has 3 heteroatoms. The minimum Gasteiger partial charge on any atom is -0.322 e. The number of hydrogen-bond donors (Lipinski definition) is 2. The number of fused-ring (bicyclic) bond motifs is 1. The van der Waals surface area contributed by atoms with Gasteiger partial charge in [-0.2, -0.15) is 0 Å². The number of aromatic amines is 1. The first-order valence-electron chi connectivity index (χ1n) is 6.89. The molecule has 1 saturated carbocycles. The van der Waals surface area contributed by atoms with Crippen LogP contribution in [0.3, 0.4) is 0 Å². The van der Waals surface area contributed by atoms with Crippen LogP contribution in [-0.4, -0.2) is 18.6 Å². The molecule has 1 aliphatic rings. The molecule has 0 unspecified atom stereocenters. The summed E-state index contributed by atoms with van der Waals surface area (Å²) in [5.41, 5.74) is 3.55. The van der Waals surface area contributed by atoms with Crippen LogP contribution in [0.1, 0.15) is 24.0 Å². The fourth-order valence-electron chi connectivity index (χ4n) is 2.88. The van der Waals surface area contributed by atoms with E-state index in [0.717, 1.165) is 29.4 Å². The van der Waals surface area contributed by atoms with Crippen molar-refractivity contribution in [2.75, 3.05) is 13.6 Å². The summed E-state index contributed by atoms with van der Waals surface area (Å²) in [5.74, 6) is 0. The van der Waals surface area contributed by atoms with Crippen LogP contribution in [0.2, 0.25) is 0 Å². The van der Waals surface area contributed by atoms with Crippen molar-refractivity contribution in [1.82, 2.24) is 10.3 Å². The molecule has 0 amide bonds. The average molecular weight is 256 g/mol. The zero-order chi connectivity index (χ0) is 13.5. The molecule has 1 aromatic carbocycles. The predicted octanol–water partition coefficient (Wildman–Crippen LogP) is 2.38. The van der Waals surface area contributed by atoms with Gasteiger partial charge in [-0.25, -0.2) is 0 Å². The van der Waals surface area contributed by atoms with Gasteiger partial charge in [0.25, 0.3) is 5.56 Å². The number of pyridine rings is 1. The molecule has 3 nitrogen and oxygen atoms in total. The molecule has 2 aromatic rings. The highest BCUT2D eigenvalue weighted by Crippen LogP contribution is 2.47. The van der Waals surface area contributed by atoms with E-state index in [1.807, 2.05) is 26.1 Å². The second-order valence-corrected chi connectivity index (χ2v) is 5.91. The van der Waals surface area contributed by atoms with E-state index in [9.17, 15) is 4.79 Å². The molecule has 1 heterocycles. The van der Waals surface area contributed by atoms with Crippen molar-refractivity contribution in [1.29, 1.82) is 0 Å². The van der Waals surface area contributed by atoms with Crippen LogP contribution < -0.4 is 10.9 Å². The van der Waals surface area contributed by atoms with E-state index in [1.54, 1.807) is 0 Å². The highest BCUT2D eigenvalue weighted by Gasteiger charge is 2.41.